The van der Waals surface area contributed by atoms with E-state index in [0.717, 1.165) is 12.8 Å². The topological polar surface area (TPSA) is 52.3 Å². The first kappa shape index (κ1) is 12.7. The standard InChI is InChI=1S/C13H19NO2/c1-2-16-13(15)12(10-14)9-8-11-6-4-3-5-7-11/h3-7,12H,2,8-10,14H2,1H3/t12-/m1/s1. The Morgan fingerprint density at radius 3 is 2.62 bits per heavy atom. The molecule has 0 radical (unpaired) electrons. The van der Waals surface area contributed by atoms with Crippen molar-refractivity contribution in [1.82, 2.24) is 0 Å². The molecule has 0 amide bonds. The molecular weight excluding hydrogens is 202 g/mol. The van der Waals surface area contributed by atoms with Crippen molar-refractivity contribution in [3.63, 3.8) is 0 Å². The third kappa shape index (κ3) is 4.03. The molecule has 0 saturated carbocycles. The fourth-order valence-electron chi connectivity index (χ4n) is 1.58. The van der Waals surface area contributed by atoms with Gasteiger partial charge in [-0.15, -0.1) is 0 Å². The Bertz CT molecular complexity index is 311. The molecule has 0 aromatic heterocycles. The lowest BCUT2D eigenvalue weighted by molar-refractivity contribution is -0.147. The molecule has 1 atom stereocenters. The van der Waals surface area contributed by atoms with E-state index in [1.807, 2.05) is 25.1 Å². The lowest BCUT2D eigenvalue weighted by atomic mass is 10.00. The van der Waals surface area contributed by atoms with Gasteiger partial charge in [0, 0.05) is 6.54 Å². The number of rotatable bonds is 6. The molecule has 0 heterocycles. The highest BCUT2D eigenvalue weighted by molar-refractivity contribution is 5.72. The molecule has 16 heavy (non-hydrogen) atoms. The number of carbonyl (C=O) groups excluding carboxylic acids is 1. The zero-order valence-electron chi connectivity index (χ0n) is 9.69. The third-order valence-electron chi connectivity index (χ3n) is 2.53. The van der Waals surface area contributed by atoms with Crippen LogP contribution in [-0.4, -0.2) is 19.1 Å². The van der Waals surface area contributed by atoms with E-state index < -0.39 is 0 Å². The number of hydrogen-bond acceptors (Lipinski definition) is 3. The molecule has 0 aliphatic heterocycles. The highest BCUT2D eigenvalue weighted by Gasteiger charge is 2.17. The minimum absolute atomic E-state index is 0.180. The third-order valence-corrected chi connectivity index (χ3v) is 2.53. The van der Waals surface area contributed by atoms with Gasteiger partial charge in [-0.2, -0.15) is 0 Å². The summed E-state index contributed by atoms with van der Waals surface area (Å²) in [6.07, 6.45) is 1.61. The Labute approximate surface area is 96.6 Å². The lowest BCUT2D eigenvalue weighted by Gasteiger charge is -2.12. The van der Waals surface area contributed by atoms with Gasteiger partial charge in [-0.1, -0.05) is 30.3 Å². The number of benzene rings is 1. The molecular formula is C13H19NO2. The van der Waals surface area contributed by atoms with Crippen LogP contribution >= 0.6 is 0 Å². The molecule has 3 heteroatoms. The first-order valence-corrected chi connectivity index (χ1v) is 5.68. The first-order valence-electron chi connectivity index (χ1n) is 5.68. The van der Waals surface area contributed by atoms with Crippen LogP contribution in [0.4, 0.5) is 0 Å². The number of nitrogens with two attached hydrogens (primary N) is 1. The number of hydrogen-bond donors (Lipinski definition) is 1. The predicted octanol–water partition coefficient (Wildman–Crippen LogP) is 1.76. The van der Waals surface area contributed by atoms with Crippen LogP contribution in [0.2, 0.25) is 0 Å². The number of aryl methyl sites for hydroxylation is 1. The maximum atomic E-state index is 11.5. The molecule has 0 aliphatic rings. The summed E-state index contributed by atoms with van der Waals surface area (Å²) in [6, 6.07) is 10.1. The van der Waals surface area contributed by atoms with Crippen molar-refractivity contribution in [2.24, 2.45) is 11.7 Å². The molecule has 88 valence electrons. The summed E-state index contributed by atoms with van der Waals surface area (Å²) in [5, 5.41) is 0. The second-order valence-electron chi connectivity index (χ2n) is 3.71. The van der Waals surface area contributed by atoms with Crippen LogP contribution in [0.25, 0.3) is 0 Å². The monoisotopic (exact) mass is 221 g/mol. The molecule has 0 spiro atoms. The van der Waals surface area contributed by atoms with Gasteiger partial charge < -0.3 is 10.5 Å². The number of ether oxygens (including phenoxy) is 1. The van der Waals surface area contributed by atoms with Crippen molar-refractivity contribution >= 4 is 5.97 Å². The Balaban J connectivity index is 2.43. The maximum Gasteiger partial charge on any atom is 0.310 e. The lowest BCUT2D eigenvalue weighted by Crippen LogP contribution is -2.26. The summed E-state index contributed by atoms with van der Waals surface area (Å²) >= 11 is 0. The number of esters is 1. The Kier molecular flexibility index (Phi) is 5.57. The van der Waals surface area contributed by atoms with E-state index in [9.17, 15) is 4.79 Å². The molecule has 0 aliphatic carbocycles. The molecule has 0 unspecified atom stereocenters. The summed E-state index contributed by atoms with van der Waals surface area (Å²) in [7, 11) is 0. The van der Waals surface area contributed by atoms with Crippen LogP contribution in [0.1, 0.15) is 18.9 Å². The zero-order valence-corrected chi connectivity index (χ0v) is 9.69. The second-order valence-corrected chi connectivity index (χ2v) is 3.71. The first-order chi connectivity index (χ1) is 7.77. The van der Waals surface area contributed by atoms with Crippen molar-refractivity contribution in [2.75, 3.05) is 13.2 Å². The fraction of sp³-hybridized carbons (Fsp3) is 0.462. The molecule has 1 aromatic rings. The SMILES string of the molecule is CCOC(=O)[C@@H](CN)CCc1ccccc1. The normalized spacial score (nSPS) is 12.1. The predicted molar refractivity (Wildman–Crippen MR) is 63.9 cm³/mol. The largest absolute Gasteiger partial charge is 0.466 e. The fourth-order valence-corrected chi connectivity index (χ4v) is 1.58. The summed E-state index contributed by atoms with van der Waals surface area (Å²) in [5.74, 6) is -0.360. The number of carbonyl (C=O) groups is 1. The summed E-state index contributed by atoms with van der Waals surface area (Å²) in [5.41, 5.74) is 6.79. The molecule has 3 nitrogen and oxygen atoms in total. The van der Waals surface area contributed by atoms with Gasteiger partial charge in [0.2, 0.25) is 0 Å². The zero-order chi connectivity index (χ0) is 11.8. The average molecular weight is 221 g/mol. The minimum atomic E-state index is -0.180. The molecule has 1 rings (SSSR count). The van der Waals surface area contributed by atoms with Gasteiger partial charge in [0.15, 0.2) is 0 Å². The molecule has 0 fully saturated rings. The van der Waals surface area contributed by atoms with Crippen molar-refractivity contribution < 1.29 is 9.53 Å². The van der Waals surface area contributed by atoms with Gasteiger partial charge in [-0.05, 0) is 25.3 Å². The van der Waals surface area contributed by atoms with Gasteiger partial charge >= 0.3 is 5.97 Å². The van der Waals surface area contributed by atoms with E-state index in [1.54, 1.807) is 0 Å². The van der Waals surface area contributed by atoms with Crippen LogP contribution in [0.5, 0.6) is 0 Å². The van der Waals surface area contributed by atoms with Gasteiger partial charge in [-0.25, -0.2) is 0 Å². The van der Waals surface area contributed by atoms with Crippen molar-refractivity contribution in [3.05, 3.63) is 35.9 Å². The van der Waals surface area contributed by atoms with Crippen LogP contribution in [0.3, 0.4) is 0 Å². The van der Waals surface area contributed by atoms with E-state index in [4.69, 9.17) is 10.5 Å². The molecule has 0 bridgehead atoms. The average Bonchev–Trinajstić information content (AvgIpc) is 2.31. The second kappa shape index (κ2) is 7.01. The molecule has 0 saturated heterocycles. The van der Waals surface area contributed by atoms with Gasteiger partial charge in [0.05, 0.1) is 12.5 Å². The van der Waals surface area contributed by atoms with E-state index in [2.05, 4.69) is 12.1 Å². The minimum Gasteiger partial charge on any atom is -0.466 e. The van der Waals surface area contributed by atoms with E-state index in [-0.39, 0.29) is 11.9 Å². The van der Waals surface area contributed by atoms with Gasteiger partial charge in [0.25, 0.3) is 0 Å². The Morgan fingerprint density at radius 1 is 1.38 bits per heavy atom. The summed E-state index contributed by atoms with van der Waals surface area (Å²) in [6.45, 7) is 2.58. The molecule has 1 aromatic carbocycles. The van der Waals surface area contributed by atoms with E-state index >= 15 is 0 Å². The maximum absolute atomic E-state index is 11.5. The quantitative estimate of drug-likeness (QED) is 0.745. The van der Waals surface area contributed by atoms with Crippen molar-refractivity contribution in [2.45, 2.75) is 19.8 Å². The van der Waals surface area contributed by atoms with Crippen LogP contribution in [0, 0.1) is 5.92 Å². The highest BCUT2D eigenvalue weighted by Crippen LogP contribution is 2.10. The van der Waals surface area contributed by atoms with E-state index in [1.165, 1.54) is 5.56 Å². The Hall–Kier alpha value is -1.35. The van der Waals surface area contributed by atoms with Crippen molar-refractivity contribution in [1.29, 1.82) is 0 Å². The van der Waals surface area contributed by atoms with Crippen LogP contribution in [0.15, 0.2) is 30.3 Å². The Morgan fingerprint density at radius 2 is 2.06 bits per heavy atom. The van der Waals surface area contributed by atoms with Crippen LogP contribution < -0.4 is 5.73 Å². The van der Waals surface area contributed by atoms with Gasteiger partial charge in [0.1, 0.15) is 0 Å². The summed E-state index contributed by atoms with van der Waals surface area (Å²) < 4.78 is 4.96. The molecule has 2 N–H and O–H groups in total. The van der Waals surface area contributed by atoms with Gasteiger partial charge in [-0.3, -0.25) is 4.79 Å². The van der Waals surface area contributed by atoms with E-state index in [0.29, 0.717) is 13.2 Å². The summed E-state index contributed by atoms with van der Waals surface area (Å²) in [4.78, 5) is 11.5. The highest BCUT2D eigenvalue weighted by atomic mass is 16.5. The smallest absolute Gasteiger partial charge is 0.310 e. The van der Waals surface area contributed by atoms with Crippen molar-refractivity contribution in [3.8, 4) is 0 Å². The van der Waals surface area contributed by atoms with Crippen LogP contribution in [-0.2, 0) is 16.0 Å².